The van der Waals surface area contributed by atoms with Gasteiger partial charge in [-0.25, -0.2) is 15.8 Å². The molecule has 0 unspecified atom stereocenters. The van der Waals surface area contributed by atoms with E-state index in [1.807, 2.05) is 67.8 Å². The monoisotopic (exact) mass is 351 g/mol. The highest BCUT2D eigenvalue weighted by Crippen LogP contribution is 2.33. The molecule has 0 saturated heterocycles. The molecule has 0 amide bonds. The minimum absolute atomic E-state index is 0.574. The molecule has 2 aromatic heterocycles. The molecule has 3 N–H and O–H groups in total. The Kier molecular flexibility index (Phi) is 3.85. The molecule has 0 aliphatic carbocycles. The van der Waals surface area contributed by atoms with E-state index in [1.165, 1.54) is 5.01 Å². The van der Waals surface area contributed by atoms with Gasteiger partial charge in [0.25, 0.3) is 0 Å². The van der Waals surface area contributed by atoms with Crippen molar-refractivity contribution in [3.05, 3.63) is 59.4 Å². The van der Waals surface area contributed by atoms with Gasteiger partial charge in [0.1, 0.15) is 23.6 Å². The largest absolute Gasteiger partial charge is 0.363 e. The second-order valence-corrected chi connectivity index (χ2v) is 6.41. The van der Waals surface area contributed by atoms with Crippen molar-refractivity contribution in [3.63, 3.8) is 0 Å². The van der Waals surface area contributed by atoms with Crippen LogP contribution in [-0.2, 0) is 13.6 Å². The number of fused-ring (bicyclic) bond motifs is 1. The molecule has 134 valence electrons. The molecular formula is C17H21N9. The fourth-order valence-corrected chi connectivity index (χ4v) is 2.91. The molecule has 2 aliphatic rings. The number of pyridine rings is 1. The first-order chi connectivity index (χ1) is 12.5. The van der Waals surface area contributed by atoms with Crippen LogP contribution in [0.1, 0.15) is 11.3 Å². The summed E-state index contributed by atoms with van der Waals surface area (Å²) in [6.07, 6.45) is 7.19. The quantitative estimate of drug-likeness (QED) is 0.781. The number of nitrogens with two attached hydrogens (primary N) is 1. The predicted molar refractivity (Wildman–Crippen MR) is 100.0 cm³/mol. The summed E-state index contributed by atoms with van der Waals surface area (Å²) in [7, 11) is 5.84. The molecule has 0 saturated carbocycles. The SMILES string of the molecule is CN(C)c1cccc(CN2NC(c3cnn(C)c3)=C3N=CN(N)C=C32)n1. The number of aromatic nitrogens is 3. The third kappa shape index (κ3) is 2.88. The standard InChI is InChI=1S/C17H21N9/c1-23(2)15-6-4-5-13(21-15)9-26-14-10-25(18)11-19-17(14)16(22-26)12-7-20-24(3)8-12/h4-8,10-11,22H,9,18H2,1-3H3. The summed E-state index contributed by atoms with van der Waals surface area (Å²) in [6, 6.07) is 5.99. The molecular weight excluding hydrogens is 330 g/mol. The molecule has 4 rings (SSSR count). The van der Waals surface area contributed by atoms with Crippen molar-refractivity contribution in [2.24, 2.45) is 17.9 Å². The fourth-order valence-electron chi connectivity index (χ4n) is 2.91. The van der Waals surface area contributed by atoms with Gasteiger partial charge in [0.15, 0.2) is 0 Å². The van der Waals surface area contributed by atoms with Crippen molar-refractivity contribution in [1.29, 1.82) is 0 Å². The zero-order chi connectivity index (χ0) is 18.3. The van der Waals surface area contributed by atoms with E-state index in [0.29, 0.717) is 6.54 Å². The lowest BCUT2D eigenvalue weighted by atomic mass is 10.2. The van der Waals surface area contributed by atoms with E-state index in [0.717, 1.165) is 34.2 Å². The average molecular weight is 351 g/mol. The number of aliphatic imine (C=N–C) groups is 1. The summed E-state index contributed by atoms with van der Waals surface area (Å²) < 4.78 is 1.76. The summed E-state index contributed by atoms with van der Waals surface area (Å²) in [4.78, 5) is 11.2. The Morgan fingerprint density at radius 2 is 2.12 bits per heavy atom. The molecule has 4 heterocycles. The van der Waals surface area contributed by atoms with Gasteiger partial charge in [0, 0.05) is 39.1 Å². The Balaban J connectivity index is 1.66. The predicted octanol–water partition coefficient (Wildman–Crippen LogP) is 0.629. The molecule has 9 heteroatoms. The van der Waals surface area contributed by atoms with Gasteiger partial charge in [0.05, 0.1) is 24.1 Å². The van der Waals surface area contributed by atoms with Crippen LogP contribution < -0.4 is 16.2 Å². The second kappa shape index (κ2) is 6.19. The third-order valence-electron chi connectivity index (χ3n) is 4.17. The van der Waals surface area contributed by atoms with E-state index in [1.54, 1.807) is 11.0 Å². The van der Waals surface area contributed by atoms with Crippen molar-refractivity contribution in [2.75, 3.05) is 19.0 Å². The first kappa shape index (κ1) is 16.2. The molecule has 0 radical (unpaired) electrons. The minimum atomic E-state index is 0.574. The van der Waals surface area contributed by atoms with Crippen LogP contribution in [0.3, 0.4) is 0 Å². The molecule has 0 bridgehead atoms. The molecule has 0 atom stereocenters. The van der Waals surface area contributed by atoms with Crippen molar-refractivity contribution in [2.45, 2.75) is 6.54 Å². The number of rotatable bonds is 4. The lowest BCUT2D eigenvalue weighted by Crippen LogP contribution is -2.34. The summed E-state index contributed by atoms with van der Waals surface area (Å²) in [5.41, 5.74) is 7.96. The number of nitrogens with zero attached hydrogens (tertiary/aromatic N) is 7. The Morgan fingerprint density at radius 3 is 2.85 bits per heavy atom. The Hall–Kier alpha value is -3.33. The van der Waals surface area contributed by atoms with Crippen LogP contribution in [0.2, 0.25) is 0 Å². The van der Waals surface area contributed by atoms with E-state index in [2.05, 4.69) is 15.5 Å². The van der Waals surface area contributed by atoms with Gasteiger partial charge < -0.3 is 4.90 Å². The lowest BCUT2D eigenvalue weighted by Gasteiger charge is -2.24. The normalized spacial score (nSPS) is 15.9. The Labute approximate surface area is 151 Å². The molecule has 26 heavy (non-hydrogen) atoms. The maximum atomic E-state index is 5.89. The van der Waals surface area contributed by atoms with E-state index >= 15 is 0 Å². The molecule has 0 fully saturated rings. The molecule has 2 aliphatic heterocycles. The molecule has 2 aromatic rings. The third-order valence-corrected chi connectivity index (χ3v) is 4.17. The van der Waals surface area contributed by atoms with Gasteiger partial charge in [-0.05, 0) is 12.1 Å². The van der Waals surface area contributed by atoms with Gasteiger partial charge in [-0.2, -0.15) is 5.10 Å². The molecule has 9 nitrogen and oxygen atoms in total. The average Bonchev–Trinajstić information content (AvgIpc) is 3.19. The summed E-state index contributed by atoms with van der Waals surface area (Å²) in [6.45, 7) is 0.574. The van der Waals surface area contributed by atoms with Gasteiger partial charge in [-0.1, -0.05) is 6.07 Å². The van der Waals surface area contributed by atoms with Crippen LogP contribution in [0, 0.1) is 0 Å². The second-order valence-electron chi connectivity index (χ2n) is 6.41. The van der Waals surface area contributed by atoms with Crippen molar-refractivity contribution in [1.82, 2.24) is 30.2 Å². The highest BCUT2D eigenvalue weighted by molar-refractivity contribution is 5.77. The first-order valence-corrected chi connectivity index (χ1v) is 8.21. The maximum Gasteiger partial charge on any atom is 0.128 e. The number of aryl methyl sites for hydroxylation is 1. The Bertz CT molecular complexity index is 922. The minimum Gasteiger partial charge on any atom is -0.363 e. The van der Waals surface area contributed by atoms with Crippen LogP contribution in [-0.4, -0.2) is 45.2 Å². The lowest BCUT2D eigenvalue weighted by molar-refractivity contribution is 0.299. The fraction of sp³-hybridized carbons (Fsp3) is 0.235. The first-order valence-electron chi connectivity index (χ1n) is 8.21. The van der Waals surface area contributed by atoms with Crippen molar-refractivity contribution < 1.29 is 0 Å². The van der Waals surface area contributed by atoms with E-state index < -0.39 is 0 Å². The van der Waals surface area contributed by atoms with Crippen molar-refractivity contribution in [3.8, 4) is 0 Å². The number of nitrogens with one attached hydrogen (secondary N) is 1. The van der Waals surface area contributed by atoms with E-state index in [9.17, 15) is 0 Å². The van der Waals surface area contributed by atoms with Crippen LogP contribution in [0.25, 0.3) is 5.70 Å². The number of hydrogen-bond acceptors (Lipinski definition) is 8. The van der Waals surface area contributed by atoms with Crippen LogP contribution in [0.5, 0.6) is 0 Å². The highest BCUT2D eigenvalue weighted by Gasteiger charge is 2.30. The van der Waals surface area contributed by atoms with Gasteiger partial charge in [0.2, 0.25) is 0 Å². The number of anilines is 1. The zero-order valence-electron chi connectivity index (χ0n) is 15.0. The topological polar surface area (TPSA) is 90.8 Å². The highest BCUT2D eigenvalue weighted by atomic mass is 15.6. The Morgan fingerprint density at radius 1 is 1.27 bits per heavy atom. The van der Waals surface area contributed by atoms with Crippen LogP contribution >= 0.6 is 0 Å². The smallest absolute Gasteiger partial charge is 0.128 e. The van der Waals surface area contributed by atoms with Crippen LogP contribution in [0.15, 0.2) is 53.2 Å². The van der Waals surface area contributed by atoms with E-state index in [-0.39, 0.29) is 0 Å². The van der Waals surface area contributed by atoms with Gasteiger partial charge in [-0.3, -0.25) is 20.1 Å². The van der Waals surface area contributed by atoms with Crippen molar-refractivity contribution >= 4 is 17.9 Å². The van der Waals surface area contributed by atoms with Gasteiger partial charge in [-0.15, -0.1) is 0 Å². The summed E-state index contributed by atoms with van der Waals surface area (Å²) >= 11 is 0. The summed E-state index contributed by atoms with van der Waals surface area (Å²) in [5.74, 6) is 6.81. The number of hydrazine groups is 2. The molecule has 0 aromatic carbocycles. The molecule has 0 spiro atoms. The summed E-state index contributed by atoms with van der Waals surface area (Å²) in [5, 5.41) is 7.70. The number of hydrogen-bond donors (Lipinski definition) is 2. The van der Waals surface area contributed by atoms with Gasteiger partial charge >= 0.3 is 0 Å². The zero-order valence-corrected chi connectivity index (χ0v) is 15.0. The van der Waals surface area contributed by atoms with Crippen LogP contribution in [0.4, 0.5) is 5.82 Å². The maximum absolute atomic E-state index is 5.89. The van der Waals surface area contributed by atoms with E-state index in [4.69, 9.17) is 10.8 Å².